The summed E-state index contributed by atoms with van der Waals surface area (Å²) in [5.41, 5.74) is -1.53. The molecule has 3 heteroatoms. The van der Waals surface area contributed by atoms with E-state index in [1.165, 1.54) is 6.92 Å². The molecule has 1 aliphatic heterocycles. The second kappa shape index (κ2) is 5.61. The molecule has 1 aliphatic rings. The SMILES string of the molecule is CC.CC(=O)C(C)(C)C1(O)CCOCC1. The monoisotopic (exact) mass is 216 g/mol. The fourth-order valence-corrected chi connectivity index (χ4v) is 1.66. The molecule has 0 aliphatic carbocycles. The third kappa shape index (κ3) is 3.02. The fraction of sp³-hybridized carbons (Fsp3) is 0.917. The predicted octanol–water partition coefficient (Wildman–Crippen LogP) is 2.17. The van der Waals surface area contributed by atoms with Gasteiger partial charge >= 0.3 is 0 Å². The van der Waals surface area contributed by atoms with Gasteiger partial charge in [0.15, 0.2) is 0 Å². The van der Waals surface area contributed by atoms with Crippen molar-refractivity contribution in [2.45, 2.75) is 53.1 Å². The molecule has 0 bridgehead atoms. The maximum absolute atomic E-state index is 11.4. The van der Waals surface area contributed by atoms with Gasteiger partial charge in [0, 0.05) is 26.1 Å². The van der Waals surface area contributed by atoms with Crippen molar-refractivity contribution in [3.63, 3.8) is 0 Å². The molecule has 0 spiro atoms. The summed E-state index contributed by atoms with van der Waals surface area (Å²) in [4.78, 5) is 11.4. The van der Waals surface area contributed by atoms with E-state index in [1.807, 2.05) is 13.8 Å². The summed E-state index contributed by atoms with van der Waals surface area (Å²) in [6.07, 6.45) is 1.11. The van der Waals surface area contributed by atoms with Gasteiger partial charge in [-0.3, -0.25) is 4.79 Å². The minimum atomic E-state index is -0.878. The van der Waals surface area contributed by atoms with Gasteiger partial charge in [-0.2, -0.15) is 0 Å². The number of Topliss-reactive ketones (excluding diaryl/α,β-unsaturated/α-hetero) is 1. The van der Waals surface area contributed by atoms with E-state index in [1.54, 1.807) is 13.8 Å². The van der Waals surface area contributed by atoms with Gasteiger partial charge in [0.25, 0.3) is 0 Å². The van der Waals surface area contributed by atoms with E-state index in [4.69, 9.17) is 4.74 Å². The van der Waals surface area contributed by atoms with Crippen molar-refractivity contribution < 1.29 is 14.6 Å². The van der Waals surface area contributed by atoms with Gasteiger partial charge in [-0.05, 0) is 6.92 Å². The molecule has 1 heterocycles. The molecule has 0 radical (unpaired) electrons. The van der Waals surface area contributed by atoms with E-state index >= 15 is 0 Å². The van der Waals surface area contributed by atoms with Crippen LogP contribution in [-0.2, 0) is 9.53 Å². The molecule has 90 valence electrons. The Morgan fingerprint density at radius 2 is 1.67 bits per heavy atom. The van der Waals surface area contributed by atoms with Crippen LogP contribution in [0.2, 0.25) is 0 Å². The molecule has 0 aromatic carbocycles. The Morgan fingerprint density at radius 3 is 2.00 bits per heavy atom. The standard InChI is InChI=1S/C10H18O3.C2H6/c1-8(11)9(2,3)10(12)4-6-13-7-5-10;1-2/h12H,4-7H2,1-3H3;1-2H3. The largest absolute Gasteiger partial charge is 0.389 e. The molecule has 1 rings (SSSR count). The van der Waals surface area contributed by atoms with Crippen molar-refractivity contribution in [3.8, 4) is 0 Å². The van der Waals surface area contributed by atoms with Crippen LogP contribution >= 0.6 is 0 Å². The van der Waals surface area contributed by atoms with Crippen molar-refractivity contribution in [3.05, 3.63) is 0 Å². The lowest BCUT2D eigenvalue weighted by Crippen LogP contribution is -2.52. The third-order valence-electron chi connectivity index (χ3n) is 3.36. The van der Waals surface area contributed by atoms with Crippen molar-refractivity contribution in [2.75, 3.05) is 13.2 Å². The van der Waals surface area contributed by atoms with E-state index in [0.717, 1.165) is 0 Å². The summed E-state index contributed by atoms with van der Waals surface area (Å²) in [6, 6.07) is 0. The first-order valence-corrected chi connectivity index (χ1v) is 5.71. The lowest BCUT2D eigenvalue weighted by Gasteiger charge is -2.43. The van der Waals surface area contributed by atoms with E-state index in [2.05, 4.69) is 0 Å². The number of carbonyl (C=O) groups excluding carboxylic acids is 1. The quantitative estimate of drug-likeness (QED) is 0.769. The summed E-state index contributed by atoms with van der Waals surface area (Å²) < 4.78 is 5.17. The number of carbonyl (C=O) groups is 1. The highest BCUT2D eigenvalue weighted by Gasteiger charge is 2.47. The number of hydrogen-bond acceptors (Lipinski definition) is 3. The Hall–Kier alpha value is -0.410. The summed E-state index contributed by atoms with van der Waals surface area (Å²) >= 11 is 0. The minimum Gasteiger partial charge on any atom is -0.389 e. The van der Waals surface area contributed by atoms with Crippen LogP contribution in [0.1, 0.15) is 47.5 Å². The first-order chi connectivity index (χ1) is 6.90. The van der Waals surface area contributed by atoms with Crippen molar-refractivity contribution >= 4 is 5.78 Å². The topological polar surface area (TPSA) is 46.5 Å². The summed E-state index contributed by atoms with van der Waals surface area (Å²) in [5.74, 6) is 0.0388. The summed E-state index contributed by atoms with van der Waals surface area (Å²) in [7, 11) is 0. The predicted molar refractivity (Wildman–Crippen MR) is 60.8 cm³/mol. The molecule has 0 aromatic rings. The van der Waals surface area contributed by atoms with Crippen molar-refractivity contribution in [1.29, 1.82) is 0 Å². The Labute approximate surface area is 92.8 Å². The van der Waals surface area contributed by atoms with Crippen LogP contribution in [0.4, 0.5) is 0 Å². The van der Waals surface area contributed by atoms with Gasteiger partial charge < -0.3 is 9.84 Å². The van der Waals surface area contributed by atoms with Gasteiger partial charge in [-0.25, -0.2) is 0 Å². The minimum absolute atomic E-state index is 0.0388. The summed E-state index contributed by atoms with van der Waals surface area (Å²) in [6.45, 7) is 10.2. The summed E-state index contributed by atoms with van der Waals surface area (Å²) in [5, 5.41) is 10.3. The highest BCUT2D eigenvalue weighted by Crippen LogP contribution is 2.39. The van der Waals surface area contributed by atoms with Crippen LogP contribution in [0, 0.1) is 5.41 Å². The normalized spacial score (nSPS) is 20.1. The third-order valence-corrected chi connectivity index (χ3v) is 3.36. The molecule has 1 N–H and O–H groups in total. The van der Waals surface area contributed by atoms with Crippen LogP contribution < -0.4 is 0 Å². The van der Waals surface area contributed by atoms with Gasteiger partial charge in [0.2, 0.25) is 0 Å². The molecular weight excluding hydrogens is 192 g/mol. The van der Waals surface area contributed by atoms with E-state index in [0.29, 0.717) is 26.1 Å². The molecule has 0 amide bonds. The second-order valence-electron chi connectivity index (χ2n) is 4.33. The average molecular weight is 216 g/mol. The molecule has 1 fully saturated rings. The zero-order valence-corrected chi connectivity index (χ0v) is 10.6. The highest BCUT2D eigenvalue weighted by atomic mass is 16.5. The number of hydrogen-bond donors (Lipinski definition) is 1. The highest BCUT2D eigenvalue weighted by molar-refractivity contribution is 5.82. The van der Waals surface area contributed by atoms with E-state index < -0.39 is 11.0 Å². The van der Waals surface area contributed by atoms with Gasteiger partial charge in [0.1, 0.15) is 5.78 Å². The number of rotatable bonds is 2. The van der Waals surface area contributed by atoms with Gasteiger partial charge in [-0.15, -0.1) is 0 Å². The van der Waals surface area contributed by atoms with Crippen molar-refractivity contribution in [1.82, 2.24) is 0 Å². The Bertz CT molecular complexity index is 203. The molecular formula is C12H24O3. The fourth-order valence-electron chi connectivity index (χ4n) is 1.66. The maximum Gasteiger partial charge on any atom is 0.138 e. The molecule has 0 atom stereocenters. The zero-order chi connectivity index (χ0) is 12.1. The molecule has 1 saturated heterocycles. The average Bonchev–Trinajstić information content (AvgIpc) is 2.21. The van der Waals surface area contributed by atoms with E-state index in [-0.39, 0.29) is 5.78 Å². The first-order valence-electron chi connectivity index (χ1n) is 5.71. The lowest BCUT2D eigenvalue weighted by molar-refractivity contribution is -0.157. The van der Waals surface area contributed by atoms with Gasteiger partial charge in [-0.1, -0.05) is 27.7 Å². The second-order valence-corrected chi connectivity index (χ2v) is 4.33. The number of ketones is 1. The Kier molecular flexibility index (Phi) is 5.46. The lowest BCUT2D eigenvalue weighted by atomic mass is 9.68. The van der Waals surface area contributed by atoms with Gasteiger partial charge in [0.05, 0.1) is 11.0 Å². The van der Waals surface area contributed by atoms with Crippen LogP contribution in [0.15, 0.2) is 0 Å². The maximum atomic E-state index is 11.4. The molecule has 0 saturated carbocycles. The van der Waals surface area contributed by atoms with Crippen LogP contribution in [0.5, 0.6) is 0 Å². The van der Waals surface area contributed by atoms with Crippen LogP contribution in [0.3, 0.4) is 0 Å². The van der Waals surface area contributed by atoms with Crippen LogP contribution in [-0.4, -0.2) is 29.7 Å². The van der Waals surface area contributed by atoms with E-state index in [9.17, 15) is 9.90 Å². The zero-order valence-electron chi connectivity index (χ0n) is 10.6. The smallest absolute Gasteiger partial charge is 0.138 e. The van der Waals surface area contributed by atoms with Crippen LogP contribution in [0.25, 0.3) is 0 Å². The number of ether oxygens (including phenoxy) is 1. The first kappa shape index (κ1) is 14.6. The molecule has 15 heavy (non-hydrogen) atoms. The molecule has 0 unspecified atom stereocenters. The van der Waals surface area contributed by atoms with Crippen molar-refractivity contribution in [2.24, 2.45) is 5.41 Å². The molecule has 0 aromatic heterocycles. The number of aliphatic hydroxyl groups is 1. The Balaban J connectivity index is 0.000000921. The molecule has 3 nitrogen and oxygen atoms in total. The Morgan fingerprint density at radius 1 is 1.27 bits per heavy atom.